The minimum absolute atomic E-state index is 0.00236. The van der Waals surface area contributed by atoms with Crippen LogP contribution in [-0.4, -0.2) is 33.3 Å². The van der Waals surface area contributed by atoms with Crippen molar-refractivity contribution < 1.29 is 34.7 Å². The second kappa shape index (κ2) is 9.67. The molecule has 0 aliphatic carbocycles. The van der Waals surface area contributed by atoms with E-state index in [-0.39, 0.29) is 63.2 Å². The Kier molecular flexibility index (Phi) is 6.36. The van der Waals surface area contributed by atoms with Gasteiger partial charge in [-0.2, -0.15) is 0 Å². The molecular formula is C31H28O7. The minimum atomic E-state index is -1.02. The molecule has 4 N–H and O–H groups in total. The highest BCUT2D eigenvalue weighted by Crippen LogP contribution is 2.55. The number of phenols is 4. The molecule has 1 aliphatic rings. The van der Waals surface area contributed by atoms with Crippen molar-refractivity contribution in [3.05, 3.63) is 106 Å². The van der Waals surface area contributed by atoms with Crippen LogP contribution in [0, 0.1) is 13.8 Å². The SMILES string of the molecule is COc1cc(O)c(C(c2ccccc2)c2c(O)c(C)c3c(c2O)C(=O)CC(c2ccccc2)O3)c(O)c1C. The van der Waals surface area contributed by atoms with Gasteiger partial charge in [-0.15, -0.1) is 0 Å². The van der Waals surface area contributed by atoms with Crippen molar-refractivity contribution in [1.82, 2.24) is 0 Å². The first-order valence-corrected chi connectivity index (χ1v) is 12.2. The molecule has 0 saturated carbocycles. The number of methoxy groups -OCH3 is 1. The number of ether oxygens (including phenoxy) is 2. The third kappa shape index (κ3) is 3.96. The molecule has 0 spiro atoms. The number of hydrogen-bond donors (Lipinski definition) is 4. The van der Waals surface area contributed by atoms with Gasteiger partial charge in [0.2, 0.25) is 0 Å². The highest BCUT2D eigenvalue weighted by atomic mass is 16.5. The summed E-state index contributed by atoms with van der Waals surface area (Å²) in [6, 6.07) is 19.5. The van der Waals surface area contributed by atoms with E-state index in [1.54, 1.807) is 44.2 Å². The van der Waals surface area contributed by atoms with E-state index in [0.717, 1.165) is 5.56 Å². The van der Waals surface area contributed by atoms with Crippen molar-refractivity contribution in [1.29, 1.82) is 0 Å². The standard InChI is InChI=1S/C31H28O7/c1-16-22(37-3)14-20(32)25(28(16)34)24(19-12-8-5-9-13-19)27-29(35)17(2)31-26(30(27)36)21(33)15-23(38-31)18-10-6-4-7-11-18/h4-14,23-24,32,34-36H,15H2,1-3H3. The fourth-order valence-electron chi connectivity index (χ4n) is 5.21. The van der Waals surface area contributed by atoms with Crippen molar-refractivity contribution in [3.63, 3.8) is 0 Å². The van der Waals surface area contributed by atoms with E-state index < -0.39 is 17.8 Å². The zero-order valence-electron chi connectivity index (χ0n) is 21.2. The lowest BCUT2D eigenvalue weighted by molar-refractivity contribution is 0.0842. The van der Waals surface area contributed by atoms with E-state index in [1.165, 1.54) is 13.2 Å². The van der Waals surface area contributed by atoms with E-state index >= 15 is 0 Å². The number of carbonyl (C=O) groups excluding carboxylic acids is 1. The predicted molar refractivity (Wildman–Crippen MR) is 142 cm³/mol. The second-order valence-electron chi connectivity index (χ2n) is 9.41. The first kappa shape index (κ1) is 25.0. The summed E-state index contributed by atoms with van der Waals surface area (Å²) in [5.41, 5.74) is 2.03. The van der Waals surface area contributed by atoms with Crippen LogP contribution in [0.25, 0.3) is 0 Å². The van der Waals surface area contributed by atoms with Crippen LogP contribution >= 0.6 is 0 Å². The van der Waals surface area contributed by atoms with Gasteiger partial charge in [-0.05, 0) is 25.0 Å². The van der Waals surface area contributed by atoms with Crippen LogP contribution in [0.2, 0.25) is 0 Å². The van der Waals surface area contributed by atoms with Gasteiger partial charge >= 0.3 is 0 Å². The fraction of sp³-hybridized carbons (Fsp3) is 0.194. The van der Waals surface area contributed by atoms with Gasteiger partial charge in [0.25, 0.3) is 0 Å². The predicted octanol–water partition coefficient (Wildman–Crippen LogP) is 6.02. The van der Waals surface area contributed by atoms with Crippen LogP contribution < -0.4 is 9.47 Å². The molecule has 0 bridgehead atoms. The van der Waals surface area contributed by atoms with Gasteiger partial charge in [-0.25, -0.2) is 0 Å². The molecule has 0 fully saturated rings. The smallest absolute Gasteiger partial charge is 0.174 e. The van der Waals surface area contributed by atoms with E-state index in [1.807, 2.05) is 30.3 Å². The maximum absolute atomic E-state index is 13.4. The minimum Gasteiger partial charge on any atom is -0.507 e. The summed E-state index contributed by atoms with van der Waals surface area (Å²) in [4.78, 5) is 13.4. The van der Waals surface area contributed by atoms with Crippen LogP contribution in [0.5, 0.6) is 34.5 Å². The Morgan fingerprint density at radius 1 is 0.842 bits per heavy atom. The van der Waals surface area contributed by atoms with Crippen molar-refractivity contribution in [3.8, 4) is 34.5 Å². The molecule has 0 saturated heterocycles. The van der Waals surface area contributed by atoms with Crippen LogP contribution in [0.15, 0.2) is 66.7 Å². The Morgan fingerprint density at radius 3 is 2.08 bits per heavy atom. The number of carbonyl (C=O) groups is 1. The Bertz CT molecular complexity index is 1530. The Morgan fingerprint density at radius 2 is 1.45 bits per heavy atom. The van der Waals surface area contributed by atoms with Crippen molar-refractivity contribution in [2.24, 2.45) is 0 Å². The largest absolute Gasteiger partial charge is 0.507 e. The van der Waals surface area contributed by atoms with Crippen molar-refractivity contribution >= 4 is 5.78 Å². The lowest BCUT2D eigenvalue weighted by Gasteiger charge is -2.31. The first-order chi connectivity index (χ1) is 18.2. The molecule has 38 heavy (non-hydrogen) atoms. The summed E-state index contributed by atoms with van der Waals surface area (Å²) >= 11 is 0. The molecule has 0 radical (unpaired) electrons. The molecule has 4 aromatic carbocycles. The zero-order valence-corrected chi connectivity index (χ0v) is 21.2. The van der Waals surface area contributed by atoms with Gasteiger partial charge in [-0.3, -0.25) is 4.79 Å². The number of benzene rings is 4. The summed E-state index contributed by atoms with van der Waals surface area (Å²) in [6.45, 7) is 3.25. The average Bonchev–Trinajstić information content (AvgIpc) is 2.93. The van der Waals surface area contributed by atoms with Gasteiger partial charge in [0.15, 0.2) is 5.78 Å². The summed E-state index contributed by atoms with van der Waals surface area (Å²) in [7, 11) is 1.42. The monoisotopic (exact) mass is 512 g/mol. The fourth-order valence-corrected chi connectivity index (χ4v) is 5.21. The number of fused-ring (bicyclic) bond motifs is 1. The summed E-state index contributed by atoms with van der Waals surface area (Å²) in [6.07, 6.45) is -0.565. The van der Waals surface area contributed by atoms with Crippen LogP contribution in [0.3, 0.4) is 0 Å². The lowest BCUT2D eigenvalue weighted by atomic mass is 9.79. The Hall–Kier alpha value is -4.65. The number of aromatic hydroxyl groups is 4. The molecule has 2 atom stereocenters. The third-order valence-corrected chi connectivity index (χ3v) is 7.20. The van der Waals surface area contributed by atoms with E-state index in [4.69, 9.17) is 9.47 Å². The molecule has 7 nitrogen and oxygen atoms in total. The maximum Gasteiger partial charge on any atom is 0.174 e. The molecule has 1 heterocycles. The Balaban J connectivity index is 1.76. The normalized spacial score (nSPS) is 15.4. The summed E-state index contributed by atoms with van der Waals surface area (Å²) < 4.78 is 11.4. The van der Waals surface area contributed by atoms with Gasteiger partial charge in [-0.1, -0.05) is 60.7 Å². The van der Waals surface area contributed by atoms with Gasteiger partial charge in [0.1, 0.15) is 46.2 Å². The van der Waals surface area contributed by atoms with Crippen LogP contribution in [0.1, 0.15) is 62.2 Å². The second-order valence-corrected chi connectivity index (χ2v) is 9.41. The number of Topliss-reactive ketones (excluding diaryl/α,β-unsaturated/α-hetero) is 1. The average molecular weight is 513 g/mol. The van der Waals surface area contributed by atoms with Gasteiger partial charge in [0.05, 0.1) is 13.5 Å². The number of hydrogen-bond acceptors (Lipinski definition) is 7. The highest BCUT2D eigenvalue weighted by Gasteiger charge is 2.38. The van der Waals surface area contributed by atoms with Crippen molar-refractivity contribution in [2.75, 3.05) is 7.11 Å². The van der Waals surface area contributed by atoms with Crippen LogP contribution in [-0.2, 0) is 0 Å². The molecule has 5 rings (SSSR count). The zero-order chi connectivity index (χ0) is 27.1. The maximum atomic E-state index is 13.4. The number of phenolic OH excluding ortho intramolecular Hbond substituents is 4. The molecule has 0 aromatic heterocycles. The molecular weight excluding hydrogens is 484 g/mol. The first-order valence-electron chi connectivity index (χ1n) is 12.2. The summed E-state index contributed by atoms with van der Waals surface area (Å²) in [5, 5.41) is 45.3. The van der Waals surface area contributed by atoms with Crippen molar-refractivity contribution in [2.45, 2.75) is 32.3 Å². The Labute approximate surface area is 220 Å². The molecule has 1 aliphatic heterocycles. The third-order valence-electron chi connectivity index (χ3n) is 7.20. The van der Waals surface area contributed by atoms with Gasteiger partial charge < -0.3 is 29.9 Å². The lowest BCUT2D eigenvalue weighted by Crippen LogP contribution is -2.22. The summed E-state index contributed by atoms with van der Waals surface area (Å²) in [5.74, 6) is -2.28. The molecule has 4 aromatic rings. The van der Waals surface area contributed by atoms with Gasteiger partial charge in [0, 0.05) is 34.2 Å². The van der Waals surface area contributed by atoms with Crippen LogP contribution in [0.4, 0.5) is 0 Å². The molecule has 2 unspecified atom stereocenters. The highest BCUT2D eigenvalue weighted by molar-refractivity contribution is 6.04. The quantitative estimate of drug-likeness (QED) is 0.242. The number of ketones is 1. The molecule has 7 heteroatoms. The van der Waals surface area contributed by atoms with E-state index in [2.05, 4.69) is 0 Å². The van der Waals surface area contributed by atoms with E-state index in [9.17, 15) is 25.2 Å². The topological polar surface area (TPSA) is 116 Å². The molecule has 0 amide bonds. The van der Waals surface area contributed by atoms with E-state index in [0.29, 0.717) is 11.1 Å². The number of rotatable bonds is 5. The molecule has 194 valence electrons.